The number of hydrogen-bond acceptors (Lipinski definition) is 7. The number of nitrogens with zero attached hydrogens (tertiary/aromatic N) is 5. The minimum Gasteiger partial charge on any atom is -0.473 e. The number of carbonyl (C=O) groups is 1. The Balaban J connectivity index is 1.82. The third kappa shape index (κ3) is 4.52. The number of aromatic nitrogens is 2. The van der Waals surface area contributed by atoms with Crippen LogP contribution in [0.2, 0.25) is 0 Å². The van der Waals surface area contributed by atoms with Crippen LogP contribution in [-0.2, 0) is 6.61 Å². The summed E-state index contributed by atoms with van der Waals surface area (Å²) in [4.78, 5) is 20.6. The predicted molar refractivity (Wildman–Crippen MR) is 112 cm³/mol. The molecule has 9 nitrogen and oxygen atoms in total. The van der Waals surface area contributed by atoms with E-state index in [0.29, 0.717) is 22.8 Å². The van der Waals surface area contributed by atoms with Crippen molar-refractivity contribution in [2.45, 2.75) is 13.5 Å². The first kappa shape index (κ1) is 20.7. The average molecular weight is 403 g/mol. The molecule has 0 unspecified atom stereocenters. The first-order chi connectivity index (χ1) is 14.4. The Bertz CT molecular complexity index is 1090. The predicted octanol–water partition coefficient (Wildman–Crippen LogP) is 2.51. The summed E-state index contributed by atoms with van der Waals surface area (Å²) in [7, 11) is 1.42. The second-order valence-corrected chi connectivity index (χ2v) is 6.56. The van der Waals surface area contributed by atoms with Crippen LogP contribution in [0.3, 0.4) is 0 Å². The lowest BCUT2D eigenvalue weighted by Crippen LogP contribution is -2.49. The van der Waals surface area contributed by atoms with Crippen LogP contribution in [0.4, 0.5) is 10.5 Å². The van der Waals surface area contributed by atoms with Crippen molar-refractivity contribution in [3.63, 3.8) is 0 Å². The standard InChI is InChI=1S/C21H21N7O2/c1-14-4-3-5-19(28(24)21(29)27(2)23)17(14)12-30-20-10-18(25-13-26-20)16-8-6-15(11-22)7-9-16/h3-10,13H,12,23-24H2,1-2H3. The number of rotatable bonds is 5. The molecular weight excluding hydrogens is 382 g/mol. The molecule has 0 atom stereocenters. The summed E-state index contributed by atoms with van der Waals surface area (Å²) in [6.45, 7) is 2.04. The summed E-state index contributed by atoms with van der Waals surface area (Å²) in [5.74, 6) is 11.8. The van der Waals surface area contributed by atoms with Crippen LogP contribution in [-0.4, -0.2) is 28.1 Å². The van der Waals surface area contributed by atoms with Crippen molar-refractivity contribution in [1.82, 2.24) is 15.0 Å². The molecule has 0 saturated carbocycles. The zero-order chi connectivity index (χ0) is 21.7. The van der Waals surface area contributed by atoms with Crippen LogP contribution < -0.4 is 21.4 Å². The molecule has 0 saturated heterocycles. The molecule has 30 heavy (non-hydrogen) atoms. The SMILES string of the molecule is Cc1cccc(N(N)C(=O)N(C)N)c1COc1cc(-c2ccc(C#N)cc2)ncn1. The molecule has 1 heterocycles. The Hall–Kier alpha value is -4.00. The highest BCUT2D eigenvalue weighted by molar-refractivity contribution is 5.91. The molecule has 9 heteroatoms. The van der Waals surface area contributed by atoms with E-state index in [1.165, 1.54) is 13.4 Å². The third-order valence-corrected chi connectivity index (χ3v) is 4.47. The van der Waals surface area contributed by atoms with E-state index in [2.05, 4.69) is 16.0 Å². The highest BCUT2D eigenvalue weighted by atomic mass is 16.5. The summed E-state index contributed by atoms with van der Waals surface area (Å²) in [5.41, 5.74) is 4.18. The second-order valence-electron chi connectivity index (χ2n) is 6.56. The van der Waals surface area contributed by atoms with Crippen molar-refractivity contribution >= 4 is 11.7 Å². The number of amides is 2. The van der Waals surface area contributed by atoms with Crippen molar-refractivity contribution in [2.24, 2.45) is 11.7 Å². The molecule has 0 spiro atoms. The lowest BCUT2D eigenvalue weighted by atomic mass is 10.1. The third-order valence-electron chi connectivity index (χ3n) is 4.47. The van der Waals surface area contributed by atoms with E-state index in [0.717, 1.165) is 26.7 Å². The van der Waals surface area contributed by atoms with Crippen LogP contribution in [0.1, 0.15) is 16.7 Å². The summed E-state index contributed by atoms with van der Waals surface area (Å²) < 4.78 is 5.87. The molecule has 3 rings (SSSR count). The Kier molecular flexibility index (Phi) is 6.22. The van der Waals surface area contributed by atoms with Crippen LogP contribution >= 0.6 is 0 Å². The first-order valence-corrected chi connectivity index (χ1v) is 9.01. The van der Waals surface area contributed by atoms with Gasteiger partial charge in [0.05, 0.1) is 23.0 Å². The summed E-state index contributed by atoms with van der Waals surface area (Å²) >= 11 is 0. The van der Waals surface area contributed by atoms with Crippen LogP contribution in [0.25, 0.3) is 11.3 Å². The number of nitriles is 1. The van der Waals surface area contributed by atoms with Gasteiger partial charge in [0, 0.05) is 24.2 Å². The molecule has 4 N–H and O–H groups in total. The van der Waals surface area contributed by atoms with Gasteiger partial charge in [-0.15, -0.1) is 0 Å². The smallest absolute Gasteiger partial charge is 0.352 e. The van der Waals surface area contributed by atoms with Gasteiger partial charge in [0.2, 0.25) is 5.88 Å². The largest absolute Gasteiger partial charge is 0.473 e. The Morgan fingerprint density at radius 3 is 2.57 bits per heavy atom. The molecule has 152 valence electrons. The van der Waals surface area contributed by atoms with Gasteiger partial charge >= 0.3 is 6.03 Å². The summed E-state index contributed by atoms with van der Waals surface area (Å²) in [6.07, 6.45) is 1.41. The first-order valence-electron chi connectivity index (χ1n) is 9.01. The highest BCUT2D eigenvalue weighted by Gasteiger charge is 2.19. The zero-order valence-corrected chi connectivity index (χ0v) is 16.6. The number of nitrogens with two attached hydrogens (primary N) is 2. The van der Waals surface area contributed by atoms with Gasteiger partial charge in [0.1, 0.15) is 12.9 Å². The molecule has 2 amide bonds. The molecular formula is C21H21N7O2. The number of aryl methyl sites for hydroxylation is 1. The van der Waals surface area contributed by atoms with Gasteiger partial charge < -0.3 is 4.74 Å². The molecule has 1 aromatic heterocycles. The monoisotopic (exact) mass is 403 g/mol. The lowest BCUT2D eigenvalue weighted by molar-refractivity contribution is 0.216. The topological polar surface area (TPSA) is 134 Å². The van der Waals surface area contributed by atoms with Crippen molar-refractivity contribution in [3.8, 4) is 23.2 Å². The van der Waals surface area contributed by atoms with Crippen LogP contribution in [0.5, 0.6) is 5.88 Å². The van der Waals surface area contributed by atoms with Crippen molar-refractivity contribution in [1.29, 1.82) is 5.26 Å². The molecule has 0 bridgehead atoms. The fraction of sp³-hybridized carbons (Fsp3) is 0.143. The van der Waals surface area contributed by atoms with Gasteiger partial charge in [-0.2, -0.15) is 5.26 Å². The van der Waals surface area contributed by atoms with Gasteiger partial charge in [-0.05, 0) is 30.7 Å². The maximum absolute atomic E-state index is 12.1. The van der Waals surface area contributed by atoms with Crippen LogP contribution in [0, 0.1) is 18.3 Å². The minimum absolute atomic E-state index is 0.140. The molecule has 3 aromatic rings. The zero-order valence-electron chi connectivity index (χ0n) is 16.6. The number of urea groups is 1. The average Bonchev–Trinajstić information content (AvgIpc) is 2.77. The Morgan fingerprint density at radius 2 is 1.90 bits per heavy atom. The minimum atomic E-state index is -0.563. The van der Waals surface area contributed by atoms with Gasteiger partial charge in [-0.3, -0.25) is 5.01 Å². The van der Waals surface area contributed by atoms with Gasteiger partial charge in [0.25, 0.3) is 0 Å². The van der Waals surface area contributed by atoms with Crippen molar-refractivity contribution in [2.75, 3.05) is 12.1 Å². The number of anilines is 1. The Morgan fingerprint density at radius 1 is 1.17 bits per heavy atom. The van der Waals surface area contributed by atoms with Gasteiger partial charge in [0.15, 0.2) is 0 Å². The van der Waals surface area contributed by atoms with E-state index in [-0.39, 0.29) is 6.61 Å². The Labute approximate surface area is 174 Å². The lowest BCUT2D eigenvalue weighted by Gasteiger charge is -2.24. The number of hydrogen-bond donors (Lipinski definition) is 2. The fourth-order valence-corrected chi connectivity index (χ4v) is 2.81. The van der Waals surface area contributed by atoms with E-state index in [1.807, 2.05) is 25.1 Å². The molecule has 0 aliphatic rings. The maximum atomic E-state index is 12.1. The van der Waals surface area contributed by atoms with Gasteiger partial charge in [-0.1, -0.05) is 24.3 Å². The van der Waals surface area contributed by atoms with Crippen LogP contribution in [0.15, 0.2) is 54.9 Å². The number of carbonyl (C=O) groups excluding carboxylic acids is 1. The summed E-state index contributed by atoms with van der Waals surface area (Å²) in [6, 6.07) is 15.7. The van der Waals surface area contributed by atoms with E-state index in [4.69, 9.17) is 21.7 Å². The maximum Gasteiger partial charge on any atom is 0.352 e. The van der Waals surface area contributed by atoms with Crippen molar-refractivity contribution < 1.29 is 9.53 Å². The molecule has 0 radical (unpaired) electrons. The molecule has 0 aliphatic carbocycles. The molecule has 0 aliphatic heterocycles. The quantitative estimate of drug-likeness (QED) is 0.380. The number of hydrazine groups is 2. The highest BCUT2D eigenvalue weighted by Crippen LogP contribution is 2.25. The van der Waals surface area contributed by atoms with Crippen molar-refractivity contribution in [3.05, 3.63) is 71.5 Å². The van der Waals surface area contributed by atoms with E-state index < -0.39 is 6.03 Å². The fourth-order valence-electron chi connectivity index (χ4n) is 2.81. The molecule has 2 aromatic carbocycles. The number of ether oxygens (including phenoxy) is 1. The normalized spacial score (nSPS) is 10.2. The van der Waals surface area contributed by atoms with E-state index in [1.54, 1.807) is 30.3 Å². The summed E-state index contributed by atoms with van der Waals surface area (Å²) in [5, 5.41) is 10.8. The van der Waals surface area contributed by atoms with Gasteiger partial charge in [-0.25, -0.2) is 31.5 Å². The van der Waals surface area contributed by atoms with E-state index >= 15 is 0 Å². The van der Waals surface area contributed by atoms with E-state index in [9.17, 15) is 4.79 Å². The molecule has 0 fully saturated rings. The number of benzene rings is 2. The second kappa shape index (κ2) is 9.00.